The van der Waals surface area contributed by atoms with Crippen molar-refractivity contribution in [3.8, 4) is 0 Å². The van der Waals surface area contributed by atoms with Crippen LogP contribution in [0, 0.1) is 47.3 Å². The van der Waals surface area contributed by atoms with Gasteiger partial charge in [0.25, 0.3) is 0 Å². The number of allylic oxidation sites excluding steroid dienone is 2. The Morgan fingerprint density at radius 1 is 0.889 bits per heavy atom. The highest BCUT2D eigenvalue weighted by Crippen LogP contribution is 2.58. The fourth-order valence-electron chi connectivity index (χ4n) is 7.98. The fraction of sp³-hybridized carbons (Fsp3) is 0.833. The van der Waals surface area contributed by atoms with Gasteiger partial charge in [-0.15, -0.1) is 0 Å². The molecule has 0 aromatic rings. The fourth-order valence-corrected chi connectivity index (χ4v) is 7.98. The lowest BCUT2D eigenvalue weighted by Gasteiger charge is -2.53. The van der Waals surface area contributed by atoms with Gasteiger partial charge in [-0.1, -0.05) is 24.8 Å². The number of ketones is 1. The molecule has 4 fully saturated rings. The number of hydrogen-bond acceptors (Lipinski definition) is 3. The first-order chi connectivity index (χ1) is 13.2. The van der Waals surface area contributed by atoms with Crippen LogP contribution in [0.2, 0.25) is 0 Å². The van der Waals surface area contributed by atoms with Crippen molar-refractivity contribution in [1.82, 2.24) is 0 Å². The average molecular weight is 371 g/mol. The van der Waals surface area contributed by atoms with Crippen LogP contribution in [-0.2, 0) is 14.3 Å². The Balaban J connectivity index is 1.43. The summed E-state index contributed by atoms with van der Waals surface area (Å²) < 4.78 is 5.05. The summed E-state index contributed by atoms with van der Waals surface area (Å²) in [4.78, 5) is 25.5. The predicted octanol–water partition coefficient (Wildman–Crippen LogP) is 4.94. The molecule has 8 unspecified atom stereocenters. The second kappa shape index (κ2) is 7.04. The van der Waals surface area contributed by atoms with Gasteiger partial charge in [0, 0.05) is 5.92 Å². The van der Waals surface area contributed by atoms with Crippen molar-refractivity contribution in [3.05, 3.63) is 11.6 Å². The van der Waals surface area contributed by atoms with Gasteiger partial charge in [0.05, 0.1) is 13.0 Å². The van der Waals surface area contributed by atoms with Crippen LogP contribution >= 0.6 is 0 Å². The lowest BCUT2D eigenvalue weighted by molar-refractivity contribution is -0.147. The third-order valence-electron chi connectivity index (χ3n) is 9.15. The van der Waals surface area contributed by atoms with Crippen molar-refractivity contribution in [1.29, 1.82) is 0 Å². The Hall–Kier alpha value is -1.12. The maximum Gasteiger partial charge on any atom is 0.308 e. The van der Waals surface area contributed by atoms with Crippen molar-refractivity contribution in [2.24, 2.45) is 47.3 Å². The Bertz CT molecular complexity index is 650. The van der Waals surface area contributed by atoms with Gasteiger partial charge in [-0.25, -0.2) is 0 Å². The van der Waals surface area contributed by atoms with Gasteiger partial charge >= 0.3 is 5.97 Å². The first-order valence-corrected chi connectivity index (χ1v) is 11.5. The zero-order chi connectivity index (χ0) is 18.5. The Morgan fingerprint density at radius 2 is 1.67 bits per heavy atom. The average Bonchev–Trinajstić information content (AvgIpc) is 2.72. The third-order valence-corrected chi connectivity index (χ3v) is 9.15. The Morgan fingerprint density at radius 3 is 2.52 bits per heavy atom. The highest BCUT2D eigenvalue weighted by Gasteiger charge is 2.52. The number of esters is 1. The van der Waals surface area contributed by atoms with Crippen molar-refractivity contribution in [2.45, 2.75) is 70.6 Å². The van der Waals surface area contributed by atoms with Crippen LogP contribution in [0.5, 0.6) is 0 Å². The van der Waals surface area contributed by atoms with Crippen LogP contribution in [0.3, 0.4) is 0 Å². The molecule has 4 saturated carbocycles. The van der Waals surface area contributed by atoms with Gasteiger partial charge in [0.2, 0.25) is 0 Å². The quantitative estimate of drug-likeness (QED) is 0.614. The summed E-state index contributed by atoms with van der Waals surface area (Å²) in [5.74, 6) is 4.59. The van der Waals surface area contributed by atoms with Crippen LogP contribution in [0.25, 0.3) is 0 Å². The maximum atomic E-state index is 13.3. The van der Waals surface area contributed by atoms with Gasteiger partial charge in [0.1, 0.15) is 0 Å². The molecular formula is C24H34O3. The number of hydrogen-bond donors (Lipinski definition) is 0. The molecule has 5 aliphatic carbocycles. The third kappa shape index (κ3) is 2.91. The molecule has 0 aromatic carbocycles. The molecule has 5 rings (SSSR count). The molecule has 5 aliphatic rings. The van der Waals surface area contributed by atoms with Crippen molar-refractivity contribution < 1.29 is 14.3 Å². The van der Waals surface area contributed by atoms with Crippen LogP contribution in [0.4, 0.5) is 0 Å². The number of carbonyl (C=O) groups is 2. The maximum absolute atomic E-state index is 13.3. The SMILES string of the molecule is COC(=O)C1CCC2CCC3C(=CC(=O)C4C5CCCCC5CCC34)C2C1. The molecule has 3 heteroatoms. The lowest BCUT2D eigenvalue weighted by atomic mass is 9.50. The van der Waals surface area contributed by atoms with Gasteiger partial charge in [-0.2, -0.15) is 0 Å². The van der Waals surface area contributed by atoms with Gasteiger partial charge in [-0.05, 0) is 93.0 Å². The van der Waals surface area contributed by atoms with E-state index in [1.54, 1.807) is 0 Å². The molecule has 0 aromatic heterocycles. The second-order valence-corrected chi connectivity index (χ2v) is 10.1. The zero-order valence-corrected chi connectivity index (χ0v) is 16.7. The molecule has 0 aliphatic heterocycles. The van der Waals surface area contributed by atoms with E-state index in [0.717, 1.165) is 25.2 Å². The Labute approximate surface area is 163 Å². The van der Waals surface area contributed by atoms with Crippen LogP contribution < -0.4 is 0 Å². The van der Waals surface area contributed by atoms with E-state index < -0.39 is 0 Å². The van der Waals surface area contributed by atoms with E-state index in [-0.39, 0.29) is 11.9 Å². The van der Waals surface area contributed by atoms with E-state index in [1.165, 1.54) is 64.0 Å². The highest BCUT2D eigenvalue weighted by molar-refractivity contribution is 5.94. The van der Waals surface area contributed by atoms with Gasteiger partial charge in [0.15, 0.2) is 5.78 Å². The van der Waals surface area contributed by atoms with Crippen molar-refractivity contribution >= 4 is 11.8 Å². The summed E-state index contributed by atoms with van der Waals surface area (Å²) in [6.07, 6.45) is 15.6. The first kappa shape index (κ1) is 17.9. The van der Waals surface area contributed by atoms with Crippen molar-refractivity contribution in [3.63, 3.8) is 0 Å². The van der Waals surface area contributed by atoms with E-state index in [4.69, 9.17) is 4.74 Å². The van der Waals surface area contributed by atoms with Crippen LogP contribution in [-0.4, -0.2) is 18.9 Å². The first-order valence-electron chi connectivity index (χ1n) is 11.5. The molecule has 0 amide bonds. The van der Waals surface area contributed by atoms with E-state index in [1.807, 2.05) is 0 Å². The molecule has 0 bridgehead atoms. The summed E-state index contributed by atoms with van der Waals surface area (Å²) in [7, 11) is 1.51. The van der Waals surface area contributed by atoms with E-state index in [0.29, 0.717) is 41.3 Å². The molecule has 0 radical (unpaired) electrons. The minimum Gasteiger partial charge on any atom is -0.469 e. The number of ether oxygens (including phenoxy) is 1. The summed E-state index contributed by atoms with van der Waals surface area (Å²) in [5, 5.41) is 0. The molecule has 148 valence electrons. The molecule has 27 heavy (non-hydrogen) atoms. The molecule has 8 atom stereocenters. The molecule has 0 saturated heterocycles. The monoisotopic (exact) mass is 370 g/mol. The molecule has 0 heterocycles. The smallest absolute Gasteiger partial charge is 0.308 e. The minimum atomic E-state index is -0.0427. The summed E-state index contributed by atoms with van der Waals surface area (Å²) in [6, 6.07) is 0. The molecular weight excluding hydrogens is 336 g/mol. The summed E-state index contributed by atoms with van der Waals surface area (Å²) >= 11 is 0. The highest BCUT2D eigenvalue weighted by atomic mass is 16.5. The standard InChI is InChI=1S/C24H34O3/c1-27-24(26)16-7-6-15-8-10-18-19-11-9-14-4-2-3-5-17(14)23(19)22(25)13-21(18)20(15)12-16/h13-20,23H,2-12H2,1H3. The van der Waals surface area contributed by atoms with E-state index in [9.17, 15) is 9.59 Å². The predicted molar refractivity (Wildman–Crippen MR) is 104 cm³/mol. The molecule has 0 N–H and O–H groups in total. The normalized spacial score (nSPS) is 46.3. The zero-order valence-electron chi connectivity index (χ0n) is 16.7. The van der Waals surface area contributed by atoms with Crippen LogP contribution in [0.15, 0.2) is 11.6 Å². The summed E-state index contributed by atoms with van der Waals surface area (Å²) in [6.45, 7) is 0. The largest absolute Gasteiger partial charge is 0.469 e. The van der Waals surface area contributed by atoms with Gasteiger partial charge < -0.3 is 4.74 Å². The minimum absolute atomic E-state index is 0.0396. The number of carbonyl (C=O) groups excluding carboxylic acids is 2. The van der Waals surface area contributed by atoms with Crippen LogP contribution in [0.1, 0.15) is 70.6 Å². The number of rotatable bonds is 1. The number of methoxy groups -OCH3 is 1. The second-order valence-electron chi connectivity index (χ2n) is 10.1. The summed E-state index contributed by atoms with van der Waals surface area (Å²) in [5.41, 5.74) is 1.44. The lowest BCUT2D eigenvalue weighted by Crippen LogP contribution is -2.49. The molecule has 3 nitrogen and oxygen atoms in total. The number of fused-ring (bicyclic) bond motifs is 7. The molecule has 0 spiro atoms. The Kier molecular flexibility index (Phi) is 4.68. The van der Waals surface area contributed by atoms with Crippen molar-refractivity contribution in [2.75, 3.05) is 7.11 Å². The van der Waals surface area contributed by atoms with E-state index >= 15 is 0 Å². The van der Waals surface area contributed by atoms with Gasteiger partial charge in [-0.3, -0.25) is 9.59 Å². The topological polar surface area (TPSA) is 43.4 Å². The van der Waals surface area contributed by atoms with E-state index in [2.05, 4.69) is 6.08 Å².